The molecule has 0 bridgehead atoms. The van der Waals surface area contributed by atoms with Crippen molar-refractivity contribution in [2.45, 2.75) is 39.5 Å². The van der Waals surface area contributed by atoms with E-state index in [1.807, 2.05) is 6.92 Å². The number of hydrogen-bond acceptors (Lipinski definition) is 3. The van der Waals surface area contributed by atoms with Crippen LogP contribution in [-0.2, 0) is 17.6 Å². The molecule has 1 amide bonds. The average molecular weight is 252 g/mol. The van der Waals surface area contributed by atoms with E-state index in [0.717, 1.165) is 5.00 Å². The molecule has 0 aromatic carbocycles. The third-order valence-electron chi connectivity index (χ3n) is 3.47. The molecule has 3 N–H and O–H groups in total. The largest absolute Gasteiger partial charge is 0.330 e. The molecule has 1 aromatic rings. The molecule has 1 aromatic heterocycles. The molecule has 1 atom stereocenters. The van der Waals surface area contributed by atoms with Gasteiger partial charge in [0.2, 0.25) is 5.91 Å². The van der Waals surface area contributed by atoms with Crippen molar-refractivity contribution in [2.24, 2.45) is 11.7 Å². The standard InChI is InChI=1S/C13H20N2OS/c1-8(7-14)12(16)15-13-9(2)10-5-3-4-6-11(10)17-13/h8H,3-7,14H2,1-2H3,(H,15,16). The number of thiophene rings is 1. The highest BCUT2D eigenvalue weighted by Crippen LogP contribution is 2.37. The summed E-state index contributed by atoms with van der Waals surface area (Å²) in [4.78, 5) is 13.3. The predicted molar refractivity (Wildman–Crippen MR) is 72.5 cm³/mol. The molecule has 0 aliphatic heterocycles. The molecule has 2 rings (SSSR count). The first kappa shape index (κ1) is 12.6. The average Bonchev–Trinajstić information content (AvgIpc) is 2.66. The van der Waals surface area contributed by atoms with Gasteiger partial charge in [0.25, 0.3) is 0 Å². The number of carbonyl (C=O) groups excluding carboxylic acids is 1. The van der Waals surface area contributed by atoms with Crippen LogP contribution < -0.4 is 11.1 Å². The summed E-state index contributed by atoms with van der Waals surface area (Å²) in [5.74, 6) is -0.0808. The lowest BCUT2D eigenvalue weighted by molar-refractivity contribution is -0.119. The topological polar surface area (TPSA) is 55.1 Å². The molecule has 0 radical (unpaired) electrons. The van der Waals surface area contributed by atoms with Crippen LogP contribution in [0.1, 0.15) is 35.8 Å². The number of carbonyl (C=O) groups is 1. The molecule has 0 fully saturated rings. The fraction of sp³-hybridized carbons (Fsp3) is 0.615. The van der Waals surface area contributed by atoms with E-state index >= 15 is 0 Å². The number of hydrogen-bond donors (Lipinski definition) is 2. The van der Waals surface area contributed by atoms with E-state index in [4.69, 9.17) is 5.73 Å². The maximum absolute atomic E-state index is 11.8. The van der Waals surface area contributed by atoms with Gasteiger partial charge in [-0.2, -0.15) is 0 Å². The highest BCUT2D eigenvalue weighted by molar-refractivity contribution is 7.16. The fourth-order valence-electron chi connectivity index (χ4n) is 2.19. The minimum atomic E-state index is -0.117. The second-order valence-corrected chi connectivity index (χ2v) is 5.90. The zero-order valence-electron chi connectivity index (χ0n) is 10.5. The summed E-state index contributed by atoms with van der Waals surface area (Å²) in [7, 11) is 0. The van der Waals surface area contributed by atoms with E-state index < -0.39 is 0 Å². The summed E-state index contributed by atoms with van der Waals surface area (Å²) in [6.45, 7) is 4.37. The van der Waals surface area contributed by atoms with E-state index in [1.54, 1.807) is 11.3 Å². The molecular weight excluding hydrogens is 232 g/mol. The minimum absolute atomic E-state index is 0.0363. The number of aryl methyl sites for hydroxylation is 1. The Morgan fingerprint density at radius 2 is 2.18 bits per heavy atom. The fourth-order valence-corrected chi connectivity index (χ4v) is 3.48. The number of amides is 1. The first-order valence-corrected chi connectivity index (χ1v) is 7.07. The van der Waals surface area contributed by atoms with E-state index in [0.29, 0.717) is 6.54 Å². The minimum Gasteiger partial charge on any atom is -0.330 e. The SMILES string of the molecule is Cc1c(NC(=O)C(C)CN)sc2c1CCCC2. The van der Waals surface area contributed by atoms with Gasteiger partial charge in [-0.05, 0) is 43.7 Å². The van der Waals surface area contributed by atoms with Gasteiger partial charge in [0, 0.05) is 17.3 Å². The van der Waals surface area contributed by atoms with Crippen LogP contribution in [-0.4, -0.2) is 12.5 Å². The Morgan fingerprint density at radius 3 is 2.82 bits per heavy atom. The van der Waals surface area contributed by atoms with Gasteiger partial charge in [0.1, 0.15) is 0 Å². The van der Waals surface area contributed by atoms with Gasteiger partial charge < -0.3 is 11.1 Å². The third-order valence-corrected chi connectivity index (χ3v) is 4.78. The van der Waals surface area contributed by atoms with E-state index in [9.17, 15) is 4.79 Å². The summed E-state index contributed by atoms with van der Waals surface area (Å²) in [5.41, 5.74) is 8.24. The molecule has 1 unspecified atom stereocenters. The lowest BCUT2D eigenvalue weighted by Crippen LogP contribution is -2.26. The second kappa shape index (κ2) is 5.19. The molecule has 17 heavy (non-hydrogen) atoms. The van der Waals surface area contributed by atoms with Crippen LogP contribution in [0.4, 0.5) is 5.00 Å². The molecule has 0 saturated carbocycles. The summed E-state index contributed by atoms with van der Waals surface area (Å²) in [6.07, 6.45) is 4.89. The monoisotopic (exact) mass is 252 g/mol. The van der Waals surface area contributed by atoms with Crippen LogP contribution in [0.5, 0.6) is 0 Å². The van der Waals surface area contributed by atoms with Crippen molar-refractivity contribution in [2.75, 3.05) is 11.9 Å². The number of nitrogens with one attached hydrogen (secondary N) is 1. The summed E-state index contributed by atoms with van der Waals surface area (Å²) < 4.78 is 0. The molecule has 1 heterocycles. The lowest BCUT2D eigenvalue weighted by Gasteiger charge is -2.11. The van der Waals surface area contributed by atoms with Crippen LogP contribution in [0, 0.1) is 12.8 Å². The van der Waals surface area contributed by atoms with E-state index in [2.05, 4.69) is 12.2 Å². The Labute approximate surface area is 106 Å². The zero-order chi connectivity index (χ0) is 12.4. The zero-order valence-corrected chi connectivity index (χ0v) is 11.3. The van der Waals surface area contributed by atoms with E-state index in [-0.39, 0.29) is 11.8 Å². The Balaban J connectivity index is 2.17. The van der Waals surface area contributed by atoms with Gasteiger partial charge in [-0.15, -0.1) is 11.3 Å². The van der Waals surface area contributed by atoms with Gasteiger partial charge in [0.15, 0.2) is 0 Å². The molecule has 3 nitrogen and oxygen atoms in total. The molecule has 1 aliphatic rings. The predicted octanol–water partition coefficient (Wildman–Crippen LogP) is 2.47. The highest BCUT2D eigenvalue weighted by Gasteiger charge is 2.20. The van der Waals surface area contributed by atoms with Crippen molar-refractivity contribution >= 4 is 22.2 Å². The second-order valence-electron chi connectivity index (χ2n) is 4.79. The Hall–Kier alpha value is -0.870. The number of anilines is 1. The number of rotatable bonds is 3. The molecule has 94 valence electrons. The van der Waals surface area contributed by atoms with Crippen LogP contribution in [0.2, 0.25) is 0 Å². The number of nitrogens with two attached hydrogens (primary N) is 1. The van der Waals surface area contributed by atoms with Crippen LogP contribution in [0.3, 0.4) is 0 Å². The van der Waals surface area contributed by atoms with Gasteiger partial charge in [-0.1, -0.05) is 6.92 Å². The third kappa shape index (κ3) is 2.53. The highest BCUT2D eigenvalue weighted by atomic mass is 32.1. The lowest BCUT2D eigenvalue weighted by atomic mass is 9.96. The first-order chi connectivity index (χ1) is 8.13. The van der Waals surface area contributed by atoms with Crippen LogP contribution in [0.25, 0.3) is 0 Å². The van der Waals surface area contributed by atoms with Crippen molar-refractivity contribution in [3.63, 3.8) is 0 Å². The summed E-state index contributed by atoms with van der Waals surface area (Å²) in [6, 6.07) is 0. The van der Waals surface area contributed by atoms with Crippen molar-refractivity contribution in [1.29, 1.82) is 0 Å². The number of fused-ring (bicyclic) bond motifs is 1. The van der Waals surface area contributed by atoms with Crippen molar-refractivity contribution in [3.05, 3.63) is 16.0 Å². The maximum atomic E-state index is 11.8. The Morgan fingerprint density at radius 1 is 1.47 bits per heavy atom. The molecule has 1 aliphatic carbocycles. The van der Waals surface area contributed by atoms with Crippen molar-refractivity contribution in [1.82, 2.24) is 0 Å². The van der Waals surface area contributed by atoms with Crippen molar-refractivity contribution in [3.8, 4) is 0 Å². The molecule has 0 saturated heterocycles. The van der Waals surface area contributed by atoms with Crippen molar-refractivity contribution < 1.29 is 4.79 Å². The molecule has 4 heteroatoms. The normalized spacial score (nSPS) is 16.4. The Kier molecular flexibility index (Phi) is 3.84. The van der Waals surface area contributed by atoms with Crippen LogP contribution in [0.15, 0.2) is 0 Å². The van der Waals surface area contributed by atoms with Gasteiger partial charge >= 0.3 is 0 Å². The first-order valence-electron chi connectivity index (χ1n) is 6.25. The maximum Gasteiger partial charge on any atom is 0.229 e. The van der Waals surface area contributed by atoms with E-state index in [1.165, 1.54) is 41.7 Å². The van der Waals surface area contributed by atoms with Crippen LogP contribution >= 0.6 is 11.3 Å². The summed E-state index contributed by atoms with van der Waals surface area (Å²) >= 11 is 1.75. The quantitative estimate of drug-likeness (QED) is 0.868. The Bertz CT molecular complexity index is 425. The van der Waals surface area contributed by atoms with Gasteiger partial charge in [0.05, 0.1) is 5.00 Å². The molecular formula is C13H20N2OS. The molecule has 0 spiro atoms. The smallest absolute Gasteiger partial charge is 0.229 e. The van der Waals surface area contributed by atoms with Gasteiger partial charge in [-0.3, -0.25) is 4.79 Å². The summed E-state index contributed by atoms with van der Waals surface area (Å²) in [5, 5.41) is 4.05. The van der Waals surface area contributed by atoms with Gasteiger partial charge in [-0.25, -0.2) is 0 Å².